The Morgan fingerprint density at radius 1 is 0.950 bits per heavy atom. The van der Waals surface area contributed by atoms with Crippen molar-refractivity contribution < 1.29 is 17.6 Å². The van der Waals surface area contributed by atoms with Crippen molar-refractivity contribution in [3.05, 3.63) is 77.1 Å². The van der Waals surface area contributed by atoms with Crippen LogP contribution in [0.5, 0.6) is 0 Å². The molecule has 0 unspecified atom stereocenters. The Morgan fingerprint density at radius 2 is 1.60 bits per heavy atom. The average molecular weight is 280 g/mol. The van der Waals surface area contributed by atoms with Gasteiger partial charge in [0.05, 0.1) is 11.9 Å². The zero-order chi connectivity index (χ0) is 14.8. The number of rotatable bonds is 2. The van der Waals surface area contributed by atoms with Crippen LogP contribution in [-0.2, 0) is 6.18 Å². The summed E-state index contributed by atoms with van der Waals surface area (Å²) in [4.78, 5) is 0. The highest BCUT2D eigenvalue weighted by molar-refractivity contribution is 5.79. The van der Waals surface area contributed by atoms with Crippen LogP contribution >= 0.6 is 0 Å². The molecule has 0 aromatic heterocycles. The summed E-state index contributed by atoms with van der Waals surface area (Å²) in [6, 6.07) is 11.6. The summed E-state index contributed by atoms with van der Waals surface area (Å²) in [5.41, 5.74) is 1.08. The van der Waals surface area contributed by atoms with Gasteiger partial charge in [-0.2, -0.15) is 13.2 Å². The van der Waals surface area contributed by atoms with Crippen molar-refractivity contribution in [1.29, 1.82) is 0 Å². The highest BCUT2D eigenvalue weighted by atomic mass is 19.4. The first-order valence-corrected chi connectivity index (χ1v) is 5.97. The Hall–Kier alpha value is -2.10. The molecular formula is C16H12F4. The van der Waals surface area contributed by atoms with E-state index in [2.05, 4.69) is 0 Å². The third kappa shape index (κ3) is 3.07. The van der Waals surface area contributed by atoms with Gasteiger partial charge in [0.15, 0.2) is 0 Å². The van der Waals surface area contributed by atoms with Crippen molar-refractivity contribution in [2.45, 2.75) is 13.1 Å². The lowest BCUT2D eigenvalue weighted by molar-refractivity contribution is -0.137. The van der Waals surface area contributed by atoms with Crippen molar-refractivity contribution in [2.24, 2.45) is 0 Å². The van der Waals surface area contributed by atoms with Crippen LogP contribution in [0.4, 0.5) is 17.6 Å². The Labute approximate surface area is 114 Å². The fourth-order valence-corrected chi connectivity index (χ4v) is 1.89. The van der Waals surface area contributed by atoms with Crippen molar-refractivity contribution in [2.75, 3.05) is 0 Å². The van der Waals surface area contributed by atoms with Crippen molar-refractivity contribution >= 4 is 5.57 Å². The molecular weight excluding hydrogens is 268 g/mol. The standard InChI is InChI=1S/C16H12F4/c1-11-5-7-12(8-6-11)15(10-17)13-3-2-4-14(9-13)16(18,19)20/h2-10H,1H3/b15-10+. The molecule has 0 aliphatic rings. The predicted molar refractivity (Wildman–Crippen MR) is 70.8 cm³/mol. The van der Waals surface area contributed by atoms with Gasteiger partial charge in [0.1, 0.15) is 0 Å². The van der Waals surface area contributed by atoms with Gasteiger partial charge >= 0.3 is 6.18 Å². The van der Waals surface area contributed by atoms with Gasteiger partial charge in [0.2, 0.25) is 0 Å². The maximum atomic E-state index is 13.1. The second kappa shape index (κ2) is 5.49. The zero-order valence-electron chi connectivity index (χ0n) is 10.7. The maximum absolute atomic E-state index is 13.1. The van der Waals surface area contributed by atoms with Crippen molar-refractivity contribution in [3.8, 4) is 0 Å². The van der Waals surface area contributed by atoms with Crippen LogP contribution in [0.25, 0.3) is 5.57 Å². The van der Waals surface area contributed by atoms with Crippen LogP contribution in [0.3, 0.4) is 0 Å². The van der Waals surface area contributed by atoms with E-state index < -0.39 is 11.7 Å². The summed E-state index contributed by atoms with van der Waals surface area (Å²) >= 11 is 0. The van der Waals surface area contributed by atoms with Crippen molar-refractivity contribution in [1.82, 2.24) is 0 Å². The molecule has 20 heavy (non-hydrogen) atoms. The highest BCUT2D eigenvalue weighted by Crippen LogP contribution is 2.32. The zero-order valence-corrected chi connectivity index (χ0v) is 10.7. The fraction of sp³-hybridized carbons (Fsp3) is 0.125. The minimum absolute atomic E-state index is 0.135. The molecule has 4 heteroatoms. The quantitative estimate of drug-likeness (QED) is 0.648. The molecule has 2 aromatic rings. The lowest BCUT2D eigenvalue weighted by Gasteiger charge is -2.11. The van der Waals surface area contributed by atoms with Crippen LogP contribution in [-0.4, -0.2) is 0 Å². The summed E-state index contributed by atoms with van der Waals surface area (Å²) < 4.78 is 51.1. The van der Waals surface area contributed by atoms with Gasteiger partial charge in [-0.15, -0.1) is 0 Å². The SMILES string of the molecule is Cc1ccc(/C(=C\F)c2cccc(C(F)(F)F)c2)cc1. The number of benzene rings is 2. The smallest absolute Gasteiger partial charge is 0.215 e. The summed E-state index contributed by atoms with van der Waals surface area (Å²) in [6.07, 6.45) is -4.11. The van der Waals surface area contributed by atoms with Crippen LogP contribution in [0, 0.1) is 6.92 Å². The average Bonchev–Trinajstić information content (AvgIpc) is 2.41. The summed E-state index contributed by atoms with van der Waals surface area (Å²) in [7, 11) is 0. The summed E-state index contributed by atoms with van der Waals surface area (Å²) in [5.74, 6) is 0. The van der Waals surface area contributed by atoms with Gasteiger partial charge in [-0.05, 0) is 30.2 Å². The van der Waals surface area contributed by atoms with E-state index in [-0.39, 0.29) is 11.1 Å². The molecule has 2 aromatic carbocycles. The highest BCUT2D eigenvalue weighted by Gasteiger charge is 2.30. The Morgan fingerprint density at radius 3 is 2.15 bits per heavy atom. The van der Waals surface area contributed by atoms with Gasteiger partial charge in [-0.3, -0.25) is 0 Å². The molecule has 0 saturated carbocycles. The van der Waals surface area contributed by atoms with E-state index in [1.807, 2.05) is 6.92 Å². The number of hydrogen-bond donors (Lipinski definition) is 0. The Bertz CT molecular complexity index is 622. The molecule has 0 nitrogen and oxygen atoms in total. The molecule has 0 N–H and O–H groups in total. The lowest BCUT2D eigenvalue weighted by atomic mass is 9.97. The first kappa shape index (κ1) is 14.3. The van der Waals surface area contributed by atoms with E-state index in [1.54, 1.807) is 24.3 Å². The third-order valence-electron chi connectivity index (χ3n) is 2.97. The molecule has 0 heterocycles. The molecule has 0 aliphatic carbocycles. The lowest BCUT2D eigenvalue weighted by Crippen LogP contribution is -2.05. The van der Waals surface area contributed by atoms with E-state index in [1.165, 1.54) is 12.1 Å². The van der Waals surface area contributed by atoms with E-state index in [0.29, 0.717) is 11.9 Å². The normalized spacial score (nSPS) is 12.6. The van der Waals surface area contributed by atoms with Gasteiger partial charge in [-0.25, -0.2) is 4.39 Å². The topological polar surface area (TPSA) is 0 Å². The third-order valence-corrected chi connectivity index (χ3v) is 2.97. The minimum atomic E-state index is -4.44. The van der Waals surface area contributed by atoms with Crippen molar-refractivity contribution in [3.63, 3.8) is 0 Å². The summed E-state index contributed by atoms with van der Waals surface area (Å²) in [6.45, 7) is 1.88. The Balaban J connectivity index is 2.46. The predicted octanol–water partition coefficient (Wildman–Crippen LogP) is 5.37. The molecule has 0 fully saturated rings. The number of halogens is 4. The van der Waals surface area contributed by atoms with E-state index in [0.717, 1.165) is 17.7 Å². The van der Waals surface area contributed by atoms with Gasteiger partial charge < -0.3 is 0 Å². The van der Waals surface area contributed by atoms with Gasteiger partial charge in [0.25, 0.3) is 0 Å². The monoisotopic (exact) mass is 280 g/mol. The molecule has 104 valence electrons. The fourth-order valence-electron chi connectivity index (χ4n) is 1.89. The summed E-state index contributed by atoms with van der Waals surface area (Å²) in [5, 5.41) is 0. The first-order valence-electron chi connectivity index (χ1n) is 5.97. The van der Waals surface area contributed by atoms with E-state index >= 15 is 0 Å². The van der Waals surface area contributed by atoms with Crippen LogP contribution < -0.4 is 0 Å². The van der Waals surface area contributed by atoms with Gasteiger partial charge in [0, 0.05) is 5.57 Å². The second-order valence-electron chi connectivity index (χ2n) is 4.47. The molecule has 0 radical (unpaired) electrons. The van der Waals surface area contributed by atoms with Crippen LogP contribution in [0.15, 0.2) is 54.9 Å². The Kier molecular flexibility index (Phi) is 3.93. The van der Waals surface area contributed by atoms with Gasteiger partial charge in [-0.1, -0.05) is 42.0 Å². The van der Waals surface area contributed by atoms with Crippen LogP contribution in [0.1, 0.15) is 22.3 Å². The second-order valence-corrected chi connectivity index (χ2v) is 4.47. The first-order chi connectivity index (χ1) is 9.41. The molecule has 2 rings (SSSR count). The van der Waals surface area contributed by atoms with E-state index in [4.69, 9.17) is 0 Å². The number of hydrogen-bond acceptors (Lipinski definition) is 0. The molecule has 0 atom stereocenters. The van der Waals surface area contributed by atoms with Crippen LogP contribution in [0.2, 0.25) is 0 Å². The minimum Gasteiger partial charge on any atom is -0.215 e. The number of alkyl halides is 3. The molecule has 0 spiro atoms. The molecule has 0 amide bonds. The van der Waals surface area contributed by atoms with E-state index in [9.17, 15) is 17.6 Å². The molecule has 0 saturated heterocycles. The number of aryl methyl sites for hydroxylation is 1. The molecule has 0 aliphatic heterocycles. The maximum Gasteiger partial charge on any atom is 0.416 e. The largest absolute Gasteiger partial charge is 0.416 e. The molecule has 0 bridgehead atoms.